The van der Waals surface area contributed by atoms with Gasteiger partial charge in [-0.1, -0.05) is 0 Å². The van der Waals surface area contributed by atoms with Crippen molar-refractivity contribution in [3.05, 3.63) is 0 Å². The maximum atomic E-state index is 12.6. The molecule has 0 aromatic carbocycles. The Morgan fingerprint density at radius 2 is 1.70 bits per heavy atom. The van der Waals surface area contributed by atoms with Crippen LogP contribution in [0.4, 0.5) is 13.2 Å². The van der Waals surface area contributed by atoms with Crippen molar-refractivity contribution in [2.45, 2.75) is 63.4 Å². The third kappa shape index (κ3) is 4.74. The minimum atomic E-state index is -4.14. The van der Waals surface area contributed by atoms with Gasteiger partial charge in [-0.3, -0.25) is 0 Å². The first kappa shape index (κ1) is 17.4. The summed E-state index contributed by atoms with van der Waals surface area (Å²) in [5.74, 6) is -1.42. The second kappa shape index (κ2) is 6.44. The Morgan fingerprint density at radius 3 is 2.05 bits per heavy atom. The summed E-state index contributed by atoms with van der Waals surface area (Å²) >= 11 is 0. The van der Waals surface area contributed by atoms with Gasteiger partial charge < -0.3 is 0 Å². The average Bonchev–Trinajstić information content (AvgIpc) is 2.33. The molecule has 1 rings (SSSR count). The van der Waals surface area contributed by atoms with E-state index in [-0.39, 0.29) is 18.8 Å². The van der Waals surface area contributed by atoms with E-state index in [9.17, 15) is 17.4 Å². The molecule has 0 aromatic heterocycles. The van der Waals surface area contributed by atoms with Gasteiger partial charge >= 0.3 is 6.18 Å². The first-order valence-corrected chi connectivity index (χ1v) is 7.85. The molecule has 0 aromatic rings. The maximum Gasteiger partial charge on any atom is 0.391 e. The minimum absolute atomic E-state index is 0.0518. The molecule has 3 nitrogen and oxygen atoms in total. The van der Waals surface area contributed by atoms with Gasteiger partial charge in [0, 0.05) is 0 Å². The lowest BCUT2D eigenvalue weighted by molar-refractivity contribution is -0.184. The van der Waals surface area contributed by atoms with Crippen LogP contribution in [0.15, 0.2) is 0 Å². The van der Waals surface area contributed by atoms with Crippen molar-refractivity contribution in [3.8, 4) is 6.07 Å². The summed E-state index contributed by atoms with van der Waals surface area (Å²) in [6.07, 6.45) is -3.35. The molecule has 1 aliphatic carbocycles. The molecular weight excluding hydrogens is 289 g/mol. The van der Waals surface area contributed by atoms with E-state index in [0.717, 1.165) is 0 Å². The van der Waals surface area contributed by atoms with Gasteiger partial charge in [0.1, 0.15) is 6.04 Å². The van der Waals surface area contributed by atoms with E-state index >= 15 is 0 Å². The highest BCUT2D eigenvalue weighted by molar-refractivity contribution is 7.84. The van der Waals surface area contributed by atoms with Gasteiger partial charge in [0.2, 0.25) is 0 Å². The summed E-state index contributed by atoms with van der Waals surface area (Å²) in [7, 11) is -1.39. The van der Waals surface area contributed by atoms with Gasteiger partial charge in [0.05, 0.1) is 27.7 Å². The van der Waals surface area contributed by atoms with E-state index in [0.29, 0.717) is 12.8 Å². The molecule has 2 atom stereocenters. The van der Waals surface area contributed by atoms with Crippen LogP contribution in [0.5, 0.6) is 0 Å². The smallest absolute Gasteiger partial charge is 0.242 e. The number of alkyl halides is 3. The summed E-state index contributed by atoms with van der Waals surface area (Å²) in [5, 5.41) is 9.15. The quantitative estimate of drug-likeness (QED) is 0.869. The van der Waals surface area contributed by atoms with E-state index in [1.54, 1.807) is 20.8 Å². The Bertz CT molecular complexity index is 390. The highest BCUT2D eigenvalue weighted by Gasteiger charge is 2.42. The number of hydrogen-bond donors (Lipinski definition) is 1. The van der Waals surface area contributed by atoms with Gasteiger partial charge in [-0.25, -0.2) is 8.93 Å². The van der Waals surface area contributed by atoms with Gasteiger partial charge in [-0.2, -0.15) is 18.4 Å². The number of hydrogen-bond acceptors (Lipinski definition) is 2. The summed E-state index contributed by atoms with van der Waals surface area (Å²) in [4.78, 5) is 0. The SMILES string of the molecule is CC(C)(C)S(=O)N[C@H](C#N)C1CCC(C(F)(F)F)CC1. The Hall–Kier alpha value is -0.610. The normalized spacial score (nSPS) is 27.6. The molecule has 0 radical (unpaired) electrons. The molecule has 1 aliphatic rings. The lowest BCUT2D eigenvalue weighted by Gasteiger charge is -2.33. The molecule has 0 bridgehead atoms. The number of halogens is 3. The minimum Gasteiger partial charge on any atom is -0.242 e. The fourth-order valence-corrected chi connectivity index (χ4v) is 3.13. The molecule has 1 N–H and O–H groups in total. The van der Waals surface area contributed by atoms with Crippen LogP contribution in [0.25, 0.3) is 0 Å². The van der Waals surface area contributed by atoms with Gasteiger partial charge in [0.25, 0.3) is 0 Å². The van der Waals surface area contributed by atoms with Crippen molar-refractivity contribution in [3.63, 3.8) is 0 Å². The molecule has 1 saturated carbocycles. The zero-order valence-corrected chi connectivity index (χ0v) is 12.8. The van der Waals surface area contributed by atoms with Crippen LogP contribution in [0.2, 0.25) is 0 Å². The van der Waals surface area contributed by atoms with Crippen LogP contribution in [0.3, 0.4) is 0 Å². The third-order valence-corrected chi connectivity index (χ3v) is 5.22. The van der Waals surface area contributed by atoms with Gasteiger partial charge in [-0.05, 0) is 52.4 Å². The molecule has 1 fully saturated rings. The molecule has 0 aliphatic heterocycles. The van der Waals surface area contributed by atoms with Crippen LogP contribution in [0, 0.1) is 23.2 Å². The van der Waals surface area contributed by atoms with Crippen molar-refractivity contribution in [1.29, 1.82) is 5.26 Å². The largest absolute Gasteiger partial charge is 0.391 e. The molecule has 1 unspecified atom stereocenters. The summed E-state index contributed by atoms with van der Waals surface area (Å²) < 4.78 is 52.0. The Kier molecular flexibility index (Phi) is 5.61. The van der Waals surface area contributed by atoms with E-state index in [1.807, 2.05) is 6.07 Å². The van der Waals surface area contributed by atoms with Gasteiger partial charge in [-0.15, -0.1) is 0 Å². The highest BCUT2D eigenvalue weighted by atomic mass is 32.2. The number of rotatable bonds is 3. The van der Waals surface area contributed by atoms with E-state index in [1.165, 1.54) is 0 Å². The highest BCUT2D eigenvalue weighted by Crippen LogP contribution is 2.40. The molecule has 0 saturated heterocycles. The third-order valence-electron chi connectivity index (χ3n) is 3.64. The number of nitrogens with zero attached hydrogens (tertiary/aromatic N) is 1. The number of nitrogens with one attached hydrogen (secondary N) is 1. The first-order chi connectivity index (χ1) is 9.05. The molecule has 0 spiro atoms. The lowest BCUT2D eigenvalue weighted by Crippen LogP contribution is -2.44. The first-order valence-electron chi connectivity index (χ1n) is 6.70. The summed E-state index contributed by atoms with van der Waals surface area (Å²) in [6, 6.07) is 1.39. The zero-order valence-electron chi connectivity index (χ0n) is 12.0. The topological polar surface area (TPSA) is 52.9 Å². The second-order valence-electron chi connectivity index (χ2n) is 6.26. The summed E-state index contributed by atoms with van der Waals surface area (Å²) in [5.41, 5.74) is 0. The van der Waals surface area contributed by atoms with E-state index in [4.69, 9.17) is 5.26 Å². The predicted molar refractivity (Wildman–Crippen MR) is 71.9 cm³/mol. The number of nitriles is 1. The van der Waals surface area contributed by atoms with Crippen molar-refractivity contribution >= 4 is 11.0 Å². The van der Waals surface area contributed by atoms with E-state index in [2.05, 4.69) is 4.72 Å². The van der Waals surface area contributed by atoms with Crippen LogP contribution >= 0.6 is 0 Å². The monoisotopic (exact) mass is 310 g/mol. The standard InChI is InChI=1S/C13H21F3N2OS/c1-12(2,3)20(19)18-11(8-17)9-4-6-10(7-5-9)13(14,15)16/h9-11,18H,4-7H2,1-3H3/t9?,10?,11-,20?/m1/s1. The molecule has 0 heterocycles. The van der Waals surface area contributed by atoms with Crippen molar-refractivity contribution in [2.75, 3.05) is 0 Å². The van der Waals surface area contributed by atoms with Crippen LogP contribution in [-0.2, 0) is 11.0 Å². The van der Waals surface area contributed by atoms with Crippen LogP contribution in [0.1, 0.15) is 46.5 Å². The lowest BCUT2D eigenvalue weighted by atomic mass is 9.79. The van der Waals surface area contributed by atoms with Crippen LogP contribution in [-0.4, -0.2) is 21.2 Å². The fourth-order valence-electron chi connectivity index (χ4n) is 2.30. The molecule has 116 valence electrons. The van der Waals surface area contributed by atoms with Crippen molar-refractivity contribution in [1.82, 2.24) is 4.72 Å². The molecular formula is C13H21F3N2OS. The van der Waals surface area contributed by atoms with E-state index < -0.39 is 33.9 Å². The molecule has 7 heteroatoms. The Balaban J connectivity index is 2.58. The van der Waals surface area contributed by atoms with Crippen molar-refractivity contribution in [2.24, 2.45) is 11.8 Å². The summed E-state index contributed by atoms with van der Waals surface area (Å²) in [6.45, 7) is 5.35. The predicted octanol–water partition coefficient (Wildman–Crippen LogP) is 3.30. The zero-order chi connectivity index (χ0) is 15.6. The fraction of sp³-hybridized carbons (Fsp3) is 0.923. The molecule has 0 amide bonds. The maximum absolute atomic E-state index is 12.6. The Morgan fingerprint density at radius 1 is 1.20 bits per heavy atom. The second-order valence-corrected chi connectivity index (χ2v) is 8.26. The average molecular weight is 310 g/mol. The molecule has 20 heavy (non-hydrogen) atoms. The van der Waals surface area contributed by atoms with Crippen LogP contribution < -0.4 is 4.72 Å². The van der Waals surface area contributed by atoms with Crippen molar-refractivity contribution < 1.29 is 17.4 Å². The van der Waals surface area contributed by atoms with Gasteiger partial charge in [0.15, 0.2) is 0 Å². The Labute approximate surface area is 120 Å².